The fourth-order valence-corrected chi connectivity index (χ4v) is 2.60. The van der Waals surface area contributed by atoms with Gasteiger partial charge in [0.05, 0.1) is 0 Å². The number of halogens is 2. The molecule has 0 aromatic heterocycles. The molecule has 0 aliphatic carbocycles. The number of aryl methyl sites for hydroxylation is 1. The molecule has 2 aromatic rings. The van der Waals surface area contributed by atoms with Crippen LogP contribution in [0.3, 0.4) is 0 Å². The Kier molecular flexibility index (Phi) is 6.47. The molecule has 1 amide bonds. The van der Waals surface area contributed by atoms with E-state index >= 15 is 0 Å². The molecular formula is C20H23F2NO. The summed E-state index contributed by atoms with van der Waals surface area (Å²) in [5, 5.41) is 2.99. The van der Waals surface area contributed by atoms with Crippen LogP contribution in [0, 0.1) is 17.6 Å². The van der Waals surface area contributed by atoms with Crippen LogP contribution in [0.25, 0.3) is 0 Å². The van der Waals surface area contributed by atoms with Crippen molar-refractivity contribution in [3.05, 3.63) is 71.3 Å². The molecule has 1 N–H and O–H groups in total. The van der Waals surface area contributed by atoms with Gasteiger partial charge in [-0.05, 0) is 49.4 Å². The highest BCUT2D eigenvalue weighted by molar-refractivity contribution is 5.78. The van der Waals surface area contributed by atoms with Crippen LogP contribution in [0.5, 0.6) is 0 Å². The predicted molar refractivity (Wildman–Crippen MR) is 91.6 cm³/mol. The molecule has 2 aromatic carbocycles. The van der Waals surface area contributed by atoms with E-state index in [2.05, 4.69) is 5.32 Å². The zero-order valence-corrected chi connectivity index (χ0v) is 14.1. The Labute approximate surface area is 141 Å². The summed E-state index contributed by atoms with van der Waals surface area (Å²) in [4.78, 5) is 12.2. The Balaban J connectivity index is 1.79. The van der Waals surface area contributed by atoms with Gasteiger partial charge in [0.25, 0.3) is 0 Å². The van der Waals surface area contributed by atoms with Gasteiger partial charge in [-0.2, -0.15) is 0 Å². The van der Waals surface area contributed by atoms with Gasteiger partial charge in [-0.25, -0.2) is 8.78 Å². The number of benzene rings is 2. The molecule has 2 unspecified atom stereocenters. The van der Waals surface area contributed by atoms with Crippen molar-refractivity contribution in [3.8, 4) is 0 Å². The standard InChI is InChI=1S/C20H23F2NO/c1-14(12-16-6-4-3-5-7-16)20(24)23-15(2)8-9-17-10-11-18(21)19(22)13-17/h3-7,10-11,13-15H,8-9,12H2,1-2H3,(H,23,24). The number of hydrogen-bond donors (Lipinski definition) is 1. The molecule has 0 fully saturated rings. The van der Waals surface area contributed by atoms with Gasteiger partial charge in [0.2, 0.25) is 5.91 Å². The first kappa shape index (κ1) is 18.1. The van der Waals surface area contributed by atoms with Crippen molar-refractivity contribution in [1.82, 2.24) is 5.32 Å². The third kappa shape index (κ3) is 5.44. The van der Waals surface area contributed by atoms with E-state index < -0.39 is 11.6 Å². The van der Waals surface area contributed by atoms with Gasteiger partial charge >= 0.3 is 0 Å². The van der Waals surface area contributed by atoms with Gasteiger partial charge in [-0.3, -0.25) is 4.79 Å². The van der Waals surface area contributed by atoms with Gasteiger partial charge < -0.3 is 5.32 Å². The smallest absolute Gasteiger partial charge is 0.223 e. The van der Waals surface area contributed by atoms with Crippen LogP contribution in [-0.4, -0.2) is 11.9 Å². The molecule has 0 bridgehead atoms. The lowest BCUT2D eigenvalue weighted by molar-refractivity contribution is -0.125. The molecule has 2 atom stereocenters. The van der Waals surface area contributed by atoms with Crippen LogP contribution < -0.4 is 5.32 Å². The second-order valence-corrected chi connectivity index (χ2v) is 6.29. The Morgan fingerprint density at radius 3 is 2.38 bits per heavy atom. The van der Waals surface area contributed by atoms with Crippen molar-refractivity contribution >= 4 is 5.91 Å². The maximum Gasteiger partial charge on any atom is 0.223 e. The first-order chi connectivity index (χ1) is 11.5. The number of amides is 1. The molecule has 24 heavy (non-hydrogen) atoms. The number of hydrogen-bond acceptors (Lipinski definition) is 1. The molecule has 0 saturated heterocycles. The summed E-state index contributed by atoms with van der Waals surface area (Å²) in [6.45, 7) is 3.83. The molecule has 128 valence electrons. The summed E-state index contributed by atoms with van der Waals surface area (Å²) < 4.78 is 26.1. The van der Waals surface area contributed by atoms with Gasteiger partial charge in [-0.1, -0.05) is 43.3 Å². The summed E-state index contributed by atoms with van der Waals surface area (Å²) in [6, 6.07) is 13.8. The topological polar surface area (TPSA) is 29.1 Å². The fraction of sp³-hybridized carbons (Fsp3) is 0.350. The number of rotatable bonds is 7. The fourth-order valence-electron chi connectivity index (χ4n) is 2.60. The molecule has 0 heterocycles. The zero-order valence-electron chi connectivity index (χ0n) is 14.1. The van der Waals surface area contributed by atoms with Crippen LogP contribution in [0.2, 0.25) is 0 Å². The van der Waals surface area contributed by atoms with E-state index in [-0.39, 0.29) is 17.9 Å². The van der Waals surface area contributed by atoms with Crippen molar-refractivity contribution in [3.63, 3.8) is 0 Å². The SMILES string of the molecule is CC(CCc1ccc(F)c(F)c1)NC(=O)C(C)Cc1ccccc1. The molecule has 0 aliphatic rings. The first-order valence-electron chi connectivity index (χ1n) is 8.24. The average molecular weight is 331 g/mol. The van der Waals surface area contributed by atoms with Gasteiger partial charge in [0, 0.05) is 12.0 Å². The van der Waals surface area contributed by atoms with Crippen molar-refractivity contribution in [2.24, 2.45) is 5.92 Å². The van der Waals surface area contributed by atoms with Gasteiger partial charge in [0.15, 0.2) is 11.6 Å². The third-order valence-electron chi connectivity index (χ3n) is 4.07. The molecule has 2 nitrogen and oxygen atoms in total. The normalized spacial score (nSPS) is 13.3. The molecule has 2 rings (SSSR count). The summed E-state index contributed by atoms with van der Waals surface area (Å²) in [6.07, 6.45) is 1.96. The molecule has 0 saturated carbocycles. The van der Waals surface area contributed by atoms with E-state index in [1.54, 1.807) is 6.07 Å². The van der Waals surface area contributed by atoms with Crippen LogP contribution in [0.15, 0.2) is 48.5 Å². The van der Waals surface area contributed by atoms with Crippen LogP contribution >= 0.6 is 0 Å². The maximum absolute atomic E-state index is 13.2. The summed E-state index contributed by atoms with van der Waals surface area (Å²) in [5.74, 6) is -1.77. The van der Waals surface area contributed by atoms with E-state index in [4.69, 9.17) is 0 Å². The highest BCUT2D eigenvalue weighted by Gasteiger charge is 2.16. The second-order valence-electron chi connectivity index (χ2n) is 6.29. The number of carbonyl (C=O) groups is 1. The predicted octanol–water partition coefficient (Wildman–Crippen LogP) is 4.28. The molecule has 4 heteroatoms. The van der Waals surface area contributed by atoms with Crippen molar-refractivity contribution in [2.45, 2.75) is 39.2 Å². The average Bonchev–Trinajstić information content (AvgIpc) is 2.56. The van der Waals surface area contributed by atoms with E-state index in [1.807, 2.05) is 44.2 Å². The lowest BCUT2D eigenvalue weighted by Gasteiger charge is -2.18. The van der Waals surface area contributed by atoms with Gasteiger partial charge in [-0.15, -0.1) is 0 Å². The Bertz CT molecular complexity index is 673. The second kappa shape index (κ2) is 8.57. The summed E-state index contributed by atoms with van der Waals surface area (Å²) in [5.41, 5.74) is 1.86. The minimum absolute atomic E-state index is 0.0108. The van der Waals surface area contributed by atoms with Gasteiger partial charge in [0.1, 0.15) is 0 Å². The lowest BCUT2D eigenvalue weighted by Crippen LogP contribution is -2.37. The summed E-state index contributed by atoms with van der Waals surface area (Å²) in [7, 11) is 0. The van der Waals surface area contributed by atoms with E-state index in [0.717, 1.165) is 17.2 Å². The number of carbonyl (C=O) groups excluding carboxylic acids is 1. The third-order valence-corrected chi connectivity index (χ3v) is 4.07. The number of nitrogens with one attached hydrogen (secondary N) is 1. The summed E-state index contributed by atoms with van der Waals surface area (Å²) >= 11 is 0. The maximum atomic E-state index is 13.2. The van der Waals surface area contributed by atoms with Crippen LogP contribution in [-0.2, 0) is 17.6 Å². The minimum atomic E-state index is -0.838. The highest BCUT2D eigenvalue weighted by atomic mass is 19.2. The Hall–Kier alpha value is -2.23. The largest absolute Gasteiger partial charge is 0.353 e. The molecule has 0 radical (unpaired) electrons. The Morgan fingerprint density at radius 1 is 1.00 bits per heavy atom. The lowest BCUT2D eigenvalue weighted by atomic mass is 9.99. The quantitative estimate of drug-likeness (QED) is 0.806. The molecule has 0 aliphatic heterocycles. The van der Waals surface area contributed by atoms with E-state index in [1.165, 1.54) is 6.07 Å². The van der Waals surface area contributed by atoms with Crippen LogP contribution in [0.4, 0.5) is 8.78 Å². The Morgan fingerprint density at radius 2 is 1.71 bits per heavy atom. The first-order valence-corrected chi connectivity index (χ1v) is 8.24. The molecular weight excluding hydrogens is 308 g/mol. The minimum Gasteiger partial charge on any atom is -0.353 e. The van der Waals surface area contributed by atoms with Crippen molar-refractivity contribution in [1.29, 1.82) is 0 Å². The zero-order chi connectivity index (χ0) is 17.5. The van der Waals surface area contributed by atoms with Crippen molar-refractivity contribution in [2.75, 3.05) is 0 Å². The molecule has 0 spiro atoms. The highest BCUT2D eigenvalue weighted by Crippen LogP contribution is 2.12. The van der Waals surface area contributed by atoms with Crippen molar-refractivity contribution < 1.29 is 13.6 Å². The monoisotopic (exact) mass is 331 g/mol. The van der Waals surface area contributed by atoms with E-state index in [0.29, 0.717) is 19.3 Å². The van der Waals surface area contributed by atoms with Crippen LogP contribution in [0.1, 0.15) is 31.4 Å². The van der Waals surface area contributed by atoms with E-state index in [9.17, 15) is 13.6 Å².